The molecule has 0 saturated carbocycles. The van der Waals surface area contributed by atoms with Gasteiger partial charge in [0, 0.05) is 6.20 Å². The third-order valence-electron chi connectivity index (χ3n) is 1.43. The third kappa shape index (κ3) is 1.96. The quantitative estimate of drug-likeness (QED) is 0.451. The van der Waals surface area contributed by atoms with Crippen LogP contribution in [0, 0.1) is 0 Å². The molecular formula is C7H8BrN3O2. The van der Waals surface area contributed by atoms with Gasteiger partial charge in [-0.3, -0.25) is 10.2 Å². The zero-order valence-electron chi connectivity index (χ0n) is 6.87. The van der Waals surface area contributed by atoms with E-state index >= 15 is 0 Å². The predicted octanol–water partition coefficient (Wildman–Crippen LogP) is 0.456. The van der Waals surface area contributed by atoms with Crippen LogP contribution in [0.2, 0.25) is 0 Å². The van der Waals surface area contributed by atoms with Gasteiger partial charge in [-0.25, -0.2) is 10.8 Å². The molecule has 3 N–H and O–H groups in total. The van der Waals surface area contributed by atoms with Crippen LogP contribution in [-0.2, 0) is 0 Å². The molecule has 0 aliphatic carbocycles. The number of methoxy groups -OCH3 is 1. The lowest BCUT2D eigenvalue weighted by molar-refractivity contribution is 0.0952. The maximum atomic E-state index is 11.2. The van der Waals surface area contributed by atoms with Gasteiger partial charge in [-0.1, -0.05) is 0 Å². The highest BCUT2D eigenvalue weighted by Crippen LogP contribution is 2.25. The second kappa shape index (κ2) is 4.20. The SMILES string of the molecule is COc1nccc(C(=O)NN)c1Br. The molecule has 1 rings (SSSR count). The van der Waals surface area contributed by atoms with Gasteiger partial charge < -0.3 is 4.74 Å². The summed E-state index contributed by atoms with van der Waals surface area (Å²) in [7, 11) is 1.47. The van der Waals surface area contributed by atoms with Crippen molar-refractivity contribution in [3.8, 4) is 5.88 Å². The summed E-state index contributed by atoms with van der Waals surface area (Å²) in [5.41, 5.74) is 2.40. The fourth-order valence-corrected chi connectivity index (χ4v) is 1.40. The molecular weight excluding hydrogens is 238 g/mol. The minimum absolute atomic E-state index is 0.348. The summed E-state index contributed by atoms with van der Waals surface area (Å²) in [6.45, 7) is 0. The van der Waals surface area contributed by atoms with Gasteiger partial charge in [-0.2, -0.15) is 0 Å². The fraction of sp³-hybridized carbons (Fsp3) is 0.143. The number of pyridine rings is 1. The molecule has 0 aliphatic rings. The zero-order valence-corrected chi connectivity index (χ0v) is 8.46. The molecule has 0 spiro atoms. The Morgan fingerprint density at radius 2 is 2.46 bits per heavy atom. The smallest absolute Gasteiger partial charge is 0.266 e. The highest BCUT2D eigenvalue weighted by atomic mass is 79.9. The van der Waals surface area contributed by atoms with Crippen LogP contribution in [0.4, 0.5) is 0 Å². The molecule has 70 valence electrons. The van der Waals surface area contributed by atoms with E-state index in [1.54, 1.807) is 0 Å². The lowest BCUT2D eigenvalue weighted by Gasteiger charge is -2.05. The number of halogens is 1. The third-order valence-corrected chi connectivity index (χ3v) is 2.19. The van der Waals surface area contributed by atoms with Gasteiger partial charge in [0.1, 0.15) is 0 Å². The first-order valence-corrected chi connectivity index (χ1v) is 4.19. The first-order valence-electron chi connectivity index (χ1n) is 3.40. The molecule has 0 bridgehead atoms. The minimum atomic E-state index is -0.396. The van der Waals surface area contributed by atoms with Gasteiger partial charge in [0.05, 0.1) is 17.1 Å². The Morgan fingerprint density at radius 3 is 3.00 bits per heavy atom. The number of ether oxygens (including phenoxy) is 1. The summed E-state index contributed by atoms with van der Waals surface area (Å²) in [6.07, 6.45) is 1.47. The molecule has 1 aromatic heterocycles. The van der Waals surface area contributed by atoms with Crippen molar-refractivity contribution < 1.29 is 9.53 Å². The second-order valence-electron chi connectivity index (χ2n) is 2.16. The van der Waals surface area contributed by atoms with E-state index in [9.17, 15) is 4.79 Å². The number of carbonyl (C=O) groups excluding carboxylic acids is 1. The summed E-state index contributed by atoms with van der Waals surface area (Å²) in [6, 6.07) is 1.54. The summed E-state index contributed by atoms with van der Waals surface area (Å²) in [5, 5.41) is 0. The van der Waals surface area contributed by atoms with Gasteiger partial charge in [-0.15, -0.1) is 0 Å². The number of amides is 1. The number of nitrogens with zero attached hydrogens (tertiary/aromatic N) is 1. The van der Waals surface area contributed by atoms with Crippen molar-refractivity contribution in [2.24, 2.45) is 5.84 Å². The Hall–Kier alpha value is -1.14. The maximum absolute atomic E-state index is 11.2. The average Bonchev–Trinajstić information content (AvgIpc) is 2.17. The monoisotopic (exact) mass is 245 g/mol. The van der Waals surface area contributed by atoms with Crippen molar-refractivity contribution in [2.45, 2.75) is 0 Å². The molecule has 0 atom stereocenters. The van der Waals surface area contributed by atoms with Crippen LogP contribution in [0.1, 0.15) is 10.4 Å². The standard InChI is InChI=1S/C7H8BrN3O2/c1-13-7-5(8)4(2-3-10-7)6(12)11-9/h2-3H,9H2,1H3,(H,11,12). The first-order chi connectivity index (χ1) is 6.20. The van der Waals surface area contributed by atoms with Crippen molar-refractivity contribution >= 4 is 21.8 Å². The number of hydrogen-bond acceptors (Lipinski definition) is 4. The zero-order chi connectivity index (χ0) is 9.84. The van der Waals surface area contributed by atoms with E-state index in [-0.39, 0.29) is 0 Å². The van der Waals surface area contributed by atoms with E-state index in [1.165, 1.54) is 19.4 Å². The van der Waals surface area contributed by atoms with Crippen LogP contribution >= 0.6 is 15.9 Å². The normalized spacial score (nSPS) is 9.46. The van der Waals surface area contributed by atoms with Crippen molar-refractivity contribution in [3.63, 3.8) is 0 Å². The van der Waals surface area contributed by atoms with Crippen LogP contribution in [0.25, 0.3) is 0 Å². The lowest BCUT2D eigenvalue weighted by atomic mass is 10.2. The summed E-state index contributed by atoms with van der Waals surface area (Å²) < 4.78 is 5.39. The van der Waals surface area contributed by atoms with Crippen LogP contribution in [-0.4, -0.2) is 18.0 Å². The van der Waals surface area contributed by atoms with Crippen LogP contribution < -0.4 is 16.0 Å². The number of hydrazine groups is 1. The fourth-order valence-electron chi connectivity index (χ4n) is 0.820. The van der Waals surface area contributed by atoms with Gasteiger partial charge >= 0.3 is 0 Å². The number of nitrogens with two attached hydrogens (primary N) is 1. The van der Waals surface area contributed by atoms with Crippen molar-refractivity contribution in [2.75, 3.05) is 7.11 Å². The van der Waals surface area contributed by atoms with Crippen LogP contribution in [0.5, 0.6) is 5.88 Å². The summed E-state index contributed by atoms with van der Waals surface area (Å²) in [5.74, 6) is 4.94. The Balaban J connectivity index is 3.15. The average molecular weight is 246 g/mol. The Bertz CT molecular complexity index is 330. The van der Waals surface area contributed by atoms with E-state index in [1.807, 2.05) is 5.43 Å². The molecule has 1 aromatic rings. The molecule has 0 aromatic carbocycles. The largest absolute Gasteiger partial charge is 0.480 e. The molecule has 0 aliphatic heterocycles. The summed E-state index contributed by atoms with van der Waals surface area (Å²) in [4.78, 5) is 15.0. The summed E-state index contributed by atoms with van der Waals surface area (Å²) >= 11 is 3.18. The Morgan fingerprint density at radius 1 is 1.77 bits per heavy atom. The molecule has 0 radical (unpaired) electrons. The highest BCUT2D eigenvalue weighted by molar-refractivity contribution is 9.10. The number of nitrogen functional groups attached to an aromatic ring is 1. The van der Waals surface area contributed by atoms with E-state index in [4.69, 9.17) is 10.6 Å². The molecule has 0 fully saturated rings. The molecule has 0 unspecified atom stereocenters. The number of rotatable bonds is 2. The number of aromatic nitrogens is 1. The van der Waals surface area contributed by atoms with Gasteiger partial charge in [-0.05, 0) is 22.0 Å². The van der Waals surface area contributed by atoms with Crippen molar-refractivity contribution in [1.82, 2.24) is 10.4 Å². The Labute approximate surface area is 83.4 Å². The molecule has 6 heteroatoms. The van der Waals surface area contributed by atoms with E-state index in [2.05, 4.69) is 20.9 Å². The van der Waals surface area contributed by atoms with Crippen LogP contribution in [0.3, 0.4) is 0 Å². The van der Waals surface area contributed by atoms with Crippen molar-refractivity contribution in [1.29, 1.82) is 0 Å². The molecule has 5 nitrogen and oxygen atoms in total. The molecule has 1 amide bonds. The molecule has 1 heterocycles. The van der Waals surface area contributed by atoms with Crippen LogP contribution in [0.15, 0.2) is 16.7 Å². The second-order valence-corrected chi connectivity index (χ2v) is 2.95. The number of carbonyl (C=O) groups is 1. The topological polar surface area (TPSA) is 77.2 Å². The van der Waals surface area contributed by atoms with Gasteiger partial charge in [0.2, 0.25) is 5.88 Å². The predicted molar refractivity (Wildman–Crippen MR) is 50.1 cm³/mol. The van der Waals surface area contributed by atoms with E-state index < -0.39 is 5.91 Å². The number of nitrogens with one attached hydrogen (secondary N) is 1. The van der Waals surface area contributed by atoms with E-state index in [0.29, 0.717) is 15.9 Å². The van der Waals surface area contributed by atoms with Gasteiger partial charge in [0.15, 0.2) is 0 Å². The lowest BCUT2D eigenvalue weighted by Crippen LogP contribution is -2.30. The van der Waals surface area contributed by atoms with Crippen molar-refractivity contribution in [3.05, 3.63) is 22.3 Å². The highest BCUT2D eigenvalue weighted by Gasteiger charge is 2.12. The van der Waals surface area contributed by atoms with E-state index in [0.717, 1.165) is 0 Å². The molecule has 0 saturated heterocycles. The van der Waals surface area contributed by atoms with Gasteiger partial charge in [0.25, 0.3) is 5.91 Å². The first kappa shape index (κ1) is 9.94. The maximum Gasteiger partial charge on any atom is 0.266 e. The minimum Gasteiger partial charge on any atom is -0.480 e. The number of hydrogen-bond donors (Lipinski definition) is 2. The molecule has 13 heavy (non-hydrogen) atoms. The Kier molecular flexibility index (Phi) is 3.21.